The number of nitrogens with zero attached hydrogens (tertiary/aromatic N) is 4. The van der Waals surface area contributed by atoms with E-state index >= 15 is 0 Å². The molecule has 8 aromatic rings. The molecule has 1 aliphatic carbocycles. The molecule has 0 atom stereocenters. The Bertz CT molecular complexity index is 2720. The molecule has 0 bridgehead atoms. The highest BCUT2D eigenvalue weighted by Gasteiger charge is 2.50. The lowest BCUT2D eigenvalue weighted by Gasteiger charge is -2.40. The number of benzene rings is 7. The van der Waals surface area contributed by atoms with Gasteiger partial charge in [0.25, 0.3) is 0 Å². The van der Waals surface area contributed by atoms with Gasteiger partial charge in [-0.05, 0) is 58.0 Å². The Morgan fingerprint density at radius 1 is 0.491 bits per heavy atom. The first-order valence-electron chi connectivity index (χ1n) is 18.5. The van der Waals surface area contributed by atoms with Crippen LogP contribution in [0.15, 0.2) is 185 Å². The summed E-state index contributed by atoms with van der Waals surface area (Å²) in [5, 5.41) is 0. The smallest absolute Gasteiger partial charge is 0.164 e. The second-order valence-electron chi connectivity index (χ2n) is 13.7. The Balaban J connectivity index is 1.22. The molecule has 260 valence electrons. The SMILES string of the molecule is C=Cc1cccc(-c2ccc3c(c2)Sc2cc(-c4nc(-c5ccccc5)nc(-c5ccccc5)n4)ccc2C32c3ccccc3-c3ccccc32)c1/N=C\C. The molecule has 2 heterocycles. The van der Waals surface area contributed by atoms with Crippen LogP contribution in [0.25, 0.3) is 62.5 Å². The van der Waals surface area contributed by atoms with Crippen LogP contribution in [0.1, 0.15) is 34.7 Å². The highest BCUT2D eigenvalue weighted by molar-refractivity contribution is 7.99. The molecule has 0 radical (unpaired) electrons. The number of aromatic nitrogens is 3. The third kappa shape index (κ3) is 5.23. The Morgan fingerprint density at radius 3 is 1.55 bits per heavy atom. The van der Waals surface area contributed by atoms with E-state index in [0.29, 0.717) is 17.5 Å². The van der Waals surface area contributed by atoms with E-state index in [0.717, 1.165) is 39.1 Å². The second-order valence-corrected chi connectivity index (χ2v) is 14.8. The van der Waals surface area contributed by atoms with Gasteiger partial charge in [0.2, 0.25) is 0 Å². The zero-order chi connectivity index (χ0) is 36.9. The van der Waals surface area contributed by atoms with Gasteiger partial charge in [-0.15, -0.1) is 0 Å². The van der Waals surface area contributed by atoms with Crippen molar-refractivity contribution in [3.05, 3.63) is 198 Å². The van der Waals surface area contributed by atoms with E-state index in [2.05, 4.69) is 110 Å². The van der Waals surface area contributed by atoms with Gasteiger partial charge in [0.1, 0.15) is 0 Å². The largest absolute Gasteiger partial charge is 0.260 e. The molecule has 1 spiro atoms. The van der Waals surface area contributed by atoms with Crippen LogP contribution in [-0.2, 0) is 5.41 Å². The lowest BCUT2D eigenvalue weighted by atomic mass is 9.67. The van der Waals surface area contributed by atoms with E-state index in [1.807, 2.05) is 91.6 Å². The lowest BCUT2D eigenvalue weighted by Crippen LogP contribution is -2.32. The average molecular weight is 723 g/mol. The first-order valence-corrected chi connectivity index (χ1v) is 19.3. The van der Waals surface area contributed by atoms with Crippen molar-refractivity contribution in [2.75, 3.05) is 0 Å². The molecular formula is C50H34N4S. The standard InChI is InChI=1S/C50H34N4S/c1-3-32-20-15-23-37(46(32)51-4-2)35-26-28-42-44(30-35)55-45-31-36(27-29-43(45)50(42)40-24-13-11-21-38(40)39-22-12-14-25-41(39)50)49-53-47(33-16-7-5-8-17-33)52-48(54-49)34-18-9-6-10-19-34/h3-31H,1H2,2H3/b51-4-. The fourth-order valence-electron chi connectivity index (χ4n) is 8.39. The summed E-state index contributed by atoms with van der Waals surface area (Å²) in [6.45, 7) is 6.04. The summed E-state index contributed by atoms with van der Waals surface area (Å²) in [6, 6.07) is 58.1. The van der Waals surface area contributed by atoms with E-state index in [1.54, 1.807) is 0 Å². The minimum absolute atomic E-state index is 0.517. The minimum atomic E-state index is -0.517. The predicted molar refractivity (Wildman–Crippen MR) is 227 cm³/mol. The summed E-state index contributed by atoms with van der Waals surface area (Å²) in [7, 11) is 0. The first-order chi connectivity index (χ1) is 27.2. The van der Waals surface area contributed by atoms with Crippen molar-refractivity contribution in [1.29, 1.82) is 0 Å². The number of aliphatic imine (C=N–C) groups is 1. The third-order valence-corrected chi connectivity index (χ3v) is 11.9. The van der Waals surface area contributed by atoms with E-state index in [4.69, 9.17) is 19.9 Å². The molecule has 2 aliphatic rings. The lowest BCUT2D eigenvalue weighted by molar-refractivity contribution is 0.722. The van der Waals surface area contributed by atoms with Gasteiger partial charge in [0.15, 0.2) is 17.5 Å². The van der Waals surface area contributed by atoms with E-state index in [1.165, 1.54) is 43.2 Å². The highest BCUT2D eigenvalue weighted by atomic mass is 32.2. The van der Waals surface area contributed by atoms with E-state index in [9.17, 15) is 0 Å². The van der Waals surface area contributed by atoms with E-state index < -0.39 is 5.41 Å². The number of fused-ring (bicyclic) bond motifs is 9. The van der Waals surface area contributed by atoms with Crippen molar-refractivity contribution in [1.82, 2.24) is 15.0 Å². The molecule has 7 aromatic carbocycles. The maximum Gasteiger partial charge on any atom is 0.164 e. The van der Waals surface area contributed by atoms with E-state index in [-0.39, 0.29) is 0 Å². The molecule has 1 aliphatic heterocycles. The molecule has 0 fully saturated rings. The summed E-state index contributed by atoms with van der Waals surface area (Å²) in [5.74, 6) is 1.93. The van der Waals surface area contributed by atoms with Crippen LogP contribution in [0.4, 0.5) is 5.69 Å². The summed E-state index contributed by atoms with van der Waals surface area (Å²) in [5.41, 5.74) is 14.1. The average Bonchev–Trinajstić information content (AvgIpc) is 3.54. The van der Waals surface area contributed by atoms with Gasteiger partial charge < -0.3 is 0 Å². The number of para-hydroxylation sites is 1. The van der Waals surface area contributed by atoms with Crippen LogP contribution in [0, 0.1) is 0 Å². The molecule has 4 nitrogen and oxygen atoms in total. The topological polar surface area (TPSA) is 51.0 Å². The molecule has 0 saturated heterocycles. The maximum absolute atomic E-state index is 5.10. The van der Waals surface area contributed by atoms with Crippen molar-refractivity contribution < 1.29 is 0 Å². The van der Waals surface area contributed by atoms with Crippen LogP contribution in [0.2, 0.25) is 0 Å². The van der Waals surface area contributed by atoms with Crippen LogP contribution in [0.5, 0.6) is 0 Å². The normalized spacial score (nSPS) is 13.3. The first kappa shape index (κ1) is 32.9. The minimum Gasteiger partial charge on any atom is -0.260 e. The molecule has 0 N–H and O–H groups in total. The zero-order valence-electron chi connectivity index (χ0n) is 30.1. The predicted octanol–water partition coefficient (Wildman–Crippen LogP) is 12.7. The van der Waals surface area contributed by atoms with Gasteiger partial charge in [-0.25, -0.2) is 15.0 Å². The van der Waals surface area contributed by atoms with Gasteiger partial charge in [-0.2, -0.15) is 0 Å². The molecular weight excluding hydrogens is 689 g/mol. The second kappa shape index (κ2) is 13.3. The van der Waals surface area contributed by atoms with Gasteiger partial charge in [0, 0.05) is 43.8 Å². The Labute approximate surface area is 325 Å². The fraction of sp³-hybridized carbons (Fsp3) is 0.0400. The monoisotopic (exact) mass is 722 g/mol. The maximum atomic E-state index is 5.10. The van der Waals surface area contributed by atoms with Crippen molar-refractivity contribution in [3.63, 3.8) is 0 Å². The molecule has 5 heteroatoms. The fourth-order valence-corrected chi connectivity index (χ4v) is 9.66. The molecule has 10 rings (SSSR count). The van der Waals surface area contributed by atoms with Gasteiger partial charge in [-0.1, -0.05) is 176 Å². The van der Waals surface area contributed by atoms with Crippen LogP contribution < -0.4 is 0 Å². The molecule has 0 unspecified atom stereocenters. The summed E-state index contributed by atoms with van der Waals surface area (Å²) >= 11 is 1.81. The number of hydrogen-bond acceptors (Lipinski definition) is 5. The Morgan fingerprint density at radius 2 is 0.982 bits per heavy atom. The third-order valence-electron chi connectivity index (χ3n) is 10.8. The van der Waals surface area contributed by atoms with Crippen LogP contribution in [0.3, 0.4) is 0 Å². The quantitative estimate of drug-likeness (QED) is 0.160. The number of rotatable bonds is 6. The zero-order valence-corrected chi connectivity index (χ0v) is 31.0. The van der Waals surface area contributed by atoms with Gasteiger partial charge in [-0.3, -0.25) is 4.99 Å². The summed E-state index contributed by atoms with van der Waals surface area (Å²) in [6.07, 6.45) is 3.73. The molecule has 1 aromatic heterocycles. The molecule has 55 heavy (non-hydrogen) atoms. The Hall–Kier alpha value is -6.69. The van der Waals surface area contributed by atoms with Crippen molar-refractivity contribution in [3.8, 4) is 56.4 Å². The summed E-state index contributed by atoms with van der Waals surface area (Å²) < 4.78 is 0. The number of hydrogen-bond donors (Lipinski definition) is 0. The van der Waals surface area contributed by atoms with Crippen molar-refractivity contribution in [2.24, 2.45) is 4.99 Å². The van der Waals surface area contributed by atoms with Crippen molar-refractivity contribution in [2.45, 2.75) is 22.1 Å². The van der Waals surface area contributed by atoms with Crippen molar-refractivity contribution >= 4 is 29.7 Å². The Kier molecular flexibility index (Phi) is 7.97. The van der Waals surface area contributed by atoms with Gasteiger partial charge >= 0.3 is 0 Å². The molecule has 0 amide bonds. The summed E-state index contributed by atoms with van der Waals surface area (Å²) in [4.78, 5) is 22.3. The molecule has 0 saturated carbocycles. The van der Waals surface area contributed by atoms with Crippen LogP contribution in [-0.4, -0.2) is 21.2 Å². The highest BCUT2D eigenvalue weighted by Crippen LogP contribution is 2.62. The van der Waals surface area contributed by atoms with Gasteiger partial charge in [0.05, 0.1) is 11.1 Å². The van der Waals surface area contributed by atoms with Crippen LogP contribution >= 0.6 is 11.8 Å².